The molecule has 0 bridgehead atoms. The molecule has 13 rings (SSSR count). The molecule has 3 aliphatic rings. The number of allylic oxidation sites excluding steroid dienone is 15. The lowest BCUT2D eigenvalue weighted by Crippen LogP contribution is -2.05. The van der Waals surface area contributed by atoms with Crippen molar-refractivity contribution in [1.82, 2.24) is 0 Å². The van der Waals surface area contributed by atoms with Gasteiger partial charge in [-0.25, -0.2) is 0 Å². The number of carbonyl (C=O) groups is 2. The molecule has 0 radical (unpaired) electrons. The molecule has 3 heteroatoms. The van der Waals surface area contributed by atoms with E-state index < -0.39 is 0 Å². The van der Waals surface area contributed by atoms with Crippen molar-refractivity contribution in [2.24, 2.45) is 0 Å². The van der Waals surface area contributed by atoms with Crippen LogP contribution in [0.25, 0.3) is 50.1 Å². The zero-order chi connectivity index (χ0) is 61.2. The molecular formula is C87H58O3. The van der Waals surface area contributed by atoms with Crippen LogP contribution in [0, 0.1) is 35.5 Å². The van der Waals surface area contributed by atoms with Gasteiger partial charge in [0.05, 0.1) is 0 Å². The van der Waals surface area contributed by atoms with Crippen LogP contribution in [-0.4, -0.2) is 11.6 Å². The van der Waals surface area contributed by atoms with Gasteiger partial charge in [-0.3, -0.25) is 9.59 Å². The summed E-state index contributed by atoms with van der Waals surface area (Å²) in [5, 5.41) is 0. The summed E-state index contributed by atoms with van der Waals surface area (Å²) in [6.07, 6.45) is 11.8. The molecule has 0 spiro atoms. The molecule has 0 unspecified atom stereocenters. The first kappa shape index (κ1) is 57.0. The summed E-state index contributed by atoms with van der Waals surface area (Å²) in [5.41, 5.74) is 20.2. The van der Waals surface area contributed by atoms with Crippen LogP contribution >= 0.6 is 0 Å². The lowest BCUT2D eigenvalue weighted by atomic mass is 9.88. The zero-order valence-corrected chi connectivity index (χ0v) is 49.6. The number of hydrogen-bond donors (Lipinski definition) is 0. The molecule has 424 valence electrons. The second kappa shape index (κ2) is 26.3. The highest BCUT2D eigenvalue weighted by Crippen LogP contribution is 2.52. The van der Waals surface area contributed by atoms with Gasteiger partial charge in [0.1, 0.15) is 11.5 Å². The maximum absolute atomic E-state index is 15.5. The van der Waals surface area contributed by atoms with Crippen LogP contribution in [-0.2, 0) is 9.59 Å². The van der Waals surface area contributed by atoms with E-state index in [1.54, 1.807) is 6.08 Å². The van der Waals surface area contributed by atoms with Crippen LogP contribution in [0.1, 0.15) is 86.5 Å². The Bertz CT molecular complexity index is 4840. The van der Waals surface area contributed by atoms with E-state index in [0.29, 0.717) is 33.8 Å². The summed E-state index contributed by atoms with van der Waals surface area (Å²) >= 11 is 0. The third-order valence-corrected chi connectivity index (χ3v) is 16.2. The predicted octanol–water partition coefficient (Wildman–Crippen LogP) is 19.8. The molecule has 3 aliphatic carbocycles. The fourth-order valence-electron chi connectivity index (χ4n) is 11.7. The van der Waals surface area contributed by atoms with E-state index in [4.69, 9.17) is 4.74 Å². The molecule has 0 aromatic heterocycles. The number of ether oxygens (including phenoxy) is 1. The number of ketones is 2. The molecule has 3 nitrogen and oxygen atoms in total. The van der Waals surface area contributed by atoms with Gasteiger partial charge in [0, 0.05) is 78.0 Å². The zero-order valence-electron chi connectivity index (χ0n) is 49.6. The second-order valence-electron chi connectivity index (χ2n) is 21.9. The highest BCUT2D eigenvalue weighted by Gasteiger charge is 2.37. The SMILES string of the molecule is C=C/C(C#Cc1ccc(C2=C(c3ccccc3)C(=O)C(c3ccc(-c4ccccc4)cc3)=C2c2ccc(Oc3ccc(C4=C(C5=CCCC=C5)C(=O)C(c5ccc(C#Cc6ccccc6)cc5)=C4c4ccc(C#Cc5ccccc5)cc4)cc3)cc2)cc1)=C\C. The van der Waals surface area contributed by atoms with Crippen LogP contribution in [0.15, 0.2) is 321 Å². The van der Waals surface area contributed by atoms with Gasteiger partial charge in [-0.2, -0.15) is 0 Å². The molecule has 90 heavy (non-hydrogen) atoms. The quantitative estimate of drug-likeness (QED) is 0.0904. The highest BCUT2D eigenvalue weighted by atomic mass is 16.5. The number of benzene rings is 10. The highest BCUT2D eigenvalue weighted by molar-refractivity contribution is 6.59. The van der Waals surface area contributed by atoms with Gasteiger partial charge >= 0.3 is 0 Å². The van der Waals surface area contributed by atoms with Gasteiger partial charge in [0.25, 0.3) is 0 Å². The van der Waals surface area contributed by atoms with E-state index >= 15 is 9.59 Å². The lowest BCUT2D eigenvalue weighted by molar-refractivity contribution is -0.110. The molecule has 0 heterocycles. The Hall–Kier alpha value is -12.1. The Kier molecular flexibility index (Phi) is 16.7. The first-order valence-electron chi connectivity index (χ1n) is 30.2. The van der Waals surface area contributed by atoms with Crippen molar-refractivity contribution in [2.45, 2.75) is 19.8 Å². The van der Waals surface area contributed by atoms with E-state index in [1.807, 2.05) is 219 Å². The number of Topliss-reactive ketones (excluding diaryl/α,β-unsaturated/α-hetero) is 2. The van der Waals surface area contributed by atoms with E-state index in [-0.39, 0.29) is 11.6 Å². The molecule has 0 fully saturated rings. The molecule has 10 aromatic carbocycles. The summed E-state index contributed by atoms with van der Waals surface area (Å²) in [7, 11) is 0. The minimum absolute atomic E-state index is 0.0386. The van der Waals surface area contributed by atoms with Crippen LogP contribution < -0.4 is 4.74 Å². The number of carbonyl (C=O) groups excluding carboxylic acids is 2. The second-order valence-corrected chi connectivity index (χ2v) is 21.9. The van der Waals surface area contributed by atoms with Crippen LogP contribution in [0.5, 0.6) is 11.5 Å². The Morgan fingerprint density at radius 2 is 0.656 bits per heavy atom. The third-order valence-electron chi connectivity index (χ3n) is 16.2. The standard InChI is InChI=1S/C87H58O3/c1-3-60(4-2)30-31-63-36-42-70(43-37-63)78-81(85(87(89)82(78)68-26-16-8-17-27-68)75-50-48-67(49-51-75)66-24-14-7-15-25-66)73-54-58-77(59-55-73)90-76-56-52-72(53-57-76)80-79(71-44-38-64(39-45-71)34-32-61-20-10-5-11-21-61)84(86(88)83(80)69-28-18-9-19-29-69)74-46-40-65(41-47-74)35-33-62-22-12-6-13-23-62/h3-8,10-18,20-29,36-59H,1,9,19H2,2H3/b60-4+. The van der Waals surface area contributed by atoms with Crippen molar-refractivity contribution in [2.75, 3.05) is 0 Å². The Labute approximate surface area is 527 Å². The molecule has 0 atom stereocenters. The minimum Gasteiger partial charge on any atom is -0.457 e. The summed E-state index contributed by atoms with van der Waals surface area (Å²) < 4.78 is 6.71. The summed E-state index contributed by atoms with van der Waals surface area (Å²) in [6, 6.07) is 88.8. The Morgan fingerprint density at radius 3 is 1.06 bits per heavy atom. The predicted molar refractivity (Wildman–Crippen MR) is 370 cm³/mol. The largest absolute Gasteiger partial charge is 0.457 e. The van der Waals surface area contributed by atoms with Gasteiger partial charge < -0.3 is 4.74 Å². The maximum Gasteiger partial charge on any atom is 0.195 e. The third kappa shape index (κ3) is 12.2. The molecule has 0 saturated heterocycles. The van der Waals surface area contributed by atoms with Crippen LogP contribution in [0.4, 0.5) is 0 Å². The summed E-state index contributed by atoms with van der Waals surface area (Å²) in [5.74, 6) is 20.8. The normalized spacial score (nSPS) is 13.7. The average molecular weight is 1150 g/mol. The first-order valence-corrected chi connectivity index (χ1v) is 30.2. The molecular weight excluding hydrogens is 1090 g/mol. The van der Waals surface area contributed by atoms with E-state index in [1.165, 1.54) is 0 Å². The smallest absolute Gasteiger partial charge is 0.195 e. The number of rotatable bonds is 12. The van der Waals surface area contributed by atoms with Crippen molar-refractivity contribution in [3.05, 3.63) is 387 Å². The topological polar surface area (TPSA) is 43.4 Å². The Balaban J connectivity index is 0.874. The average Bonchev–Trinajstić information content (AvgIpc) is 1.61. The Morgan fingerprint density at radius 1 is 0.344 bits per heavy atom. The fraction of sp³-hybridized carbons (Fsp3) is 0.0345. The van der Waals surface area contributed by atoms with Gasteiger partial charge in [-0.05, 0) is 160 Å². The van der Waals surface area contributed by atoms with Gasteiger partial charge in [0.15, 0.2) is 11.6 Å². The van der Waals surface area contributed by atoms with Gasteiger partial charge in [-0.1, -0.05) is 254 Å². The van der Waals surface area contributed by atoms with E-state index in [2.05, 4.69) is 121 Å². The van der Waals surface area contributed by atoms with Crippen LogP contribution in [0.2, 0.25) is 0 Å². The molecule has 0 saturated carbocycles. The maximum atomic E-state index is 15.5. The molecule has 0 amide bonds. The van der Waals surface area contributed by atoms with Crippen molar-refractivity contribution >= 4 is 50.6 Å². The molecule has 0 aliphatic heterocycles. The molecule has 10 aromatic rings. The van der Waals surface area contributed by atoms with E-state index in [9.17, 15) is 0 Å². The first-order chi connectivity index (χ1) is 44.4. The summed E-state index contributed by atoms with van der Waals surface area (Å²) in [6.45, 7) is 5.85. The van der Waals surface area contributed by atoms with Crippen LogP contribution in [0.3, 0.4) is 0 Å². The summed E-state index contributed by atoms with van der Waals surface area (Å²) in [4.78, 5) is 30.9. The van der Waals surface area contributed by atoms with Crippen molar-refractivity contribution in [1.29, 1.82) is 0 Å². The van der Waals surface area contributed by atoms with Crippen molar-refractivity contribution in [3.8, 4) is 58.1 Å². The van der Waals surface area contributed by atoms with Gasteiger partial charge in [0.2, 0.25) is 0 Å². The monoisotopic (exact) mass is 1150 g/mol. The van der Waals surface area contributed by atoms with Crippen molar-refractivity contribution in [3.63, 3.8) is 0 Å². The van der Waals surface area contributed by atoms with E-state index in [0.717, 1.165) is 124 Å². The number of hydrogen-bond acceptors (Lipinski definition) is 3. The molecule has 0 N–H and O–H groups in total. The fourth-order valence-corrected chi connectivity index (χ4v) is 11.7. The lowest BCUT2D eigenvalue weighted by Gasteiger charge is -2.16. The van der Waals surface area contributed by atoms with Gasteiger partial charge in [-0.15, -0.1) is 0 Å². The minimum atomic E-state index is -0.0535. The van der Waals surface area contributed by atoms with Crippen molar-refractivity contribution < 1.29 is 14.3 Å².